The maximum absolute atomic E-state index is 12.8. The van der Waals surface area contributed by atoms with Gasteiger partial charge in [0.1, 0.15) is 11.8 Å². The van der Waals surface area contributed by atoms with E-state index in [4.69, 9.17) is 4.74 Å². The molecule has 0 spiro atoms. The number of amides is 2. The zero-order valence-corrected chi connectivity index (χ0v) is 22.4. The van der Waals surface area contributed by atoms with Crippen molar-refractivity contribution in [1.82, 2.24) is 4.90 Å². The number of para-hydroxylation sites is 2. The van der Waals surface area contributed by atoms with E-state index in [0.717, 1.165) is 17.7 Å². The van der Waals surface area contributed by atoms with Crippen molar-refractivity contribution < 1.29 is 24.5 Å². The van der Waals surface area contributed by atoms with Gasteiger partial charge in [-0.3, -0.25) is 9.69 Å². The zero-order valence-electron chi connectivity index (χ0n) is 22.4. The highest BCUT2D eigenvalue weighted by molar-refractivity contribution is 5.97. The third-order valence-electron chi connectivity index (χ3n) is 6.12. The van der Waals surface area contributed by atoms with E-state index in [1.807, 2.05) is 6.07 Å². The Labute approximate surface area is 212 Å². The van der Waals surface area contributed by atoms with Crippen molar-refractivity contribution in [3.63, 3.8) is 0 Å². The number of benzene rings is 1. The van der Waals surface area contributed by atoms with Crippen LogP contribution in [0.2, 0.25) is 0 Å². The number of aliphatic hydroxyl groups excluding tert-OH is 1. The molecule has 1 rings (SSSR count). The second-order valence-corrected chi connectivity index (χ2v) is 10.2. The van der Waals surface area contributed by atoms with E-state index < -0.39 is 30.2 Å². The average molecular weight is 493 g/mol. The van der Waals surface area contributed by atoms with Crippen LogP contribution in [0.1, 0.15) is 105 Å². The van der Waals surface area contributed by atoms with E-state index in [2.05, 4.69) is 12.2 Å². The Hall–Kier alpha value is -2.28. The van der Waals surface area contributed by atoms with Gasteiger partial charge in [-0.25, -0.2) is 4.79 Å². The standard InChI is InChI=1S/C28H48N2O5/c1-5-6-7-8-9-10-11-12-13-14-15-18-21-35-25-20-17-16-19-23(25)29-26(32)24(22-31)30(27(33)34)28(2,3)4/h16-17,19-20,24,31H,5-15,18,21-22H2,1-4H3,(H,29,32)(H,33,34). The van der Waals surface area contributed by atoms with Crippen LogP contribution in [0.5, 0.6) is 5.75 Å². The van der Waals surface area contributed by atoms with Crippen molar-refractivity contribution in [2.24, 2.45) is 0 Å². The highest BCUT2D eigenvalue weighted by Crippen LogP contribution is 2.26. The molecule has 0 aliphatic carbocycles. The van der Waals surface area contributed by atoms with E-state index in [-0.39, 0.29) is 0 Å². The lowest BCUT2D eigenvalue weighted by atomic mass is 10.0. The van der Waals surface area contributed by atoms with Crippen LogP contribution in [0.3, 0.4) is 0 Å². The molecule has 7 nitrogen and oxygen atoms in total. The van der Waals surface area contributed by atoms with Crippen LogP contribution in [0.15, 0.2) is 24.3 Å². The monoisotopic (exact) mass is 492 g/mol. The van der Waals surface area contributed by atoms with Crippen molar-refractivity contribution in [3.8, 4) is 5.75 Å². The van der Waals surface area contributed by atoms with Crippen molar-refractivity contribution in [3.05, 3.63) is 24.3 Å². The topological polar surface area (TPSA) is 99.1 Å². The Bertz CT molecular complexity index is 732. The lowest BCUT2D eigenvalue weighted by molar-refractivity contribution is -0.124. The molecule has 3 N–H and O–H groups in total. The average Bonchev–Trinajstić information content (AvgIpc) is 2.80. The first-order chi connectivity index (χ1) is 16.7. The minimum atomic E-state index is -1.26. The first kappa shape index (κ1) is 30.8. The molecule has 0 radical (unpaired) electrons. The summed E-state index contributed by atoms with van der Waals surface area (Å²) in [6, 6.07) is 5.88. The largest absolute Gasteiger partial charge is 0.491 e. The summed E-state index contributed by atoms with van der Waals surface area (Å²) in [4.78, 5) is 25.5. The number of carboxylic acid groups (broad SMARTS) is 1. The Morgan fingerprint density at radius 2 is 1.43 bits per heavy atom. The summed E-state index contributed by atoms with van der Waals surface area (Å²) >= 11 is 0. The fraction of sp³-hybridized carbons (Fsp3) is 0.714. The SMILES string of the molecule is CCCCCCCCCCCCCCOc1ccccc1NC(=O)C(CO)N(C(=O)O)C(C)(C)C. The number of hydrogen-bond acceptors (Lipinski definition) is 4. The third kappa shape index (κ3) is 12.3. The fourth-order valence-electron chi connectivity index (χ4n) is 4.21. The fourth-order valence-corrected chi connectivity index (χ4v) is 4.21. The number of ether oxygens (including phenoxy) is 1. The number of hydrogen-bond donors (Lipinski definition) is 3. The van der Waals surface area contributed by atoms with Gasteiger partial charge in [-0.15, -0.1) is 0 Å². The van der Waals surface area contributed by atoms with Gasteiger partial charge < -0.3 is 20.3 Å². The highest BCUT2D eigenvalue weighted by atomic mass is 16.5. The van der Waals surface area contributed by atoms with Gasteiger partial charge in [0.15, 0.2) is 0 Å². The molecular formula is C28H48N2O5. The van der Waals surface area contributed by atoms with E-state index in [1.54, 1.807) is 39.0 Å². The van der Waals surface area contributed by atoms with Gasteiger partial charge in [0, 0.05) is 5.54 Å². The number of aliphatic hydroxyl groups is 1. The van der Waals surface area contributed by atoms with E-state index in [1.165, 1.54) is 64.2 Å². The molecule has 0 saturated heterocycles. The van der Waals surface area contributed by atoms with Crippen LogP contribution >= 0.6 is 0 Å². The lowest BCUT2D eigenvalue weighted by Gasteiger charge is -2.37. The predicted octanol–water partition coefficient (Wildman–Crippen LogP) is 6.84. The van der Waals surface area contributed by atoms with E-state index >= 15 is 0 Å². The molecule has 0 heterocycles. The number of nitrogens with one attached hydrogen (secondary N) is 1. The number of unbranched alkanes of at least 4 members (excludes halogenated alkanes) is 11. The molecule has 35 heavy (non-hydrogen) atoms. The molecule has 1 aromatic rings. The third-order valence-corrected chi connectivity index (χ3v) is 6.12. The van der Waals surface area contributed by atoms with Crippen LogP contribution in [0, 0.1) is 0 Å². The Morgan fingerprint density at radius 1 is 0.914 bits per heavy atom. The molecule has 1 atom stereocenters. The van der Waals surface area contributed by atoms with Gasteiger partial charge in [-0.2, -0.15) is 0 Å². The normalized spacial score (nSPS) is 12.3. The summed E-state index contributed by atoms with van der Waals surface area (Å²) in [5.74, 6) is -0.0514. The number of carbonyl (C=O) groups is 2. The molecule has 200 valence electrons. The molecule has 2 amide bonds. The Kier molecular flexibility index (Phi) is 15.1. The summed E-state index contributed by atoms with van der Waals surface area (Å²) in [5.41, 5.74) is -0.379. The molecule has 1 unspecified atom stereocenters. The number of carbonyl (C=O) groups excluding carboxylic acids is 1. The van der Waals surface area contributed by atoms with Crippen molar-refractivity contribution in [1.29, 1.82) is 0 Å². The van der Waals surface area contributed by atoms with Crippen LogP contribution < -0.4 is 10.1 Å². The summed E-state index contributed by atoms with van der Waals surface area (Å²) in [5, 5.41) is 22.1. The molecule has 0 aromatic heterocycles. The van der Waals surface area contributed by atoms with Crippen molar-refractivity contribution in [2.45, 2.75) is 116 Å². The van der Waals surface area contributed by atoms with Crippen LogP contribution in [-0.2, 0) is 4.79 Å². The van der Waals surface area contributed by atoms with Gasteiger partial charge in [0.25, 0.3) is 0 Å². The maximum Gasteiger partial charge on any atom is 0.408 e. The van der Waals surface area contributed by atoms with Gasteiger partial charge >= 0.3 is 6.09 Å². The smallest absolute Gasteiger partial charge is 0.408 e. The molecular weight excluding hydrogens is 444 g/mol. The van der Waals surface area contributed by atoms with Crippen LogP contribution in [0.4, 0.5) is 10.5 Å². The number of rotatable bonds is 18. The molecule has 0 aliphatic heterocycles. The van der Waals surface area contributed by atoms with Gasteiger partial charge in [-0.05, 0) is 39.3 Å². The minimum absolute atomic E-state index is 0.467. The second kappa shape index (κ2) is 17.2. The van der Waals surface area contributed by atoms with E-state index in [9.17, 15) is 19.8 Å². The van der Waals surface area contributed by atoms with Crippen molar-refractivity contribution in [2.75, 3.05) is 18.5 Å². The molecule has 7 heteroatoms. The summed E-state index contributed by atoms with van der Waals surface area (Å²) < 4.78 is 5.91. The van der Waals surface area contributed by atoms with Gasteiger partial charge in [0.05, 0.1) is 18.9 Å². The molecule has 1 aromatic carbocycles. The maximum atomic E-state index is 12.8. The first-order valence-corrected chi connectivity index (χ1v) is 13.4. The summed E-state index contributed by atoms with van der Waals surface area (Å²) in [6.07, 6.45) is 14.0. The molecule has 0 saturated carbocycles. The first-order valence-electron chi connectivity index (χ1n) is 13.4. The zero-order chi connectivity index (χ0) is 26.1. The van der Waals surface area contributed by atoms with E-state index in [0.29, 0.717) is 18.0 Å². The quantitative estimate of drug-likeness (QED) is 0.195. The van der Waals surface area contributed by atoms with Gasteiger partial charge in [-0.1, -0.05) is 89.7 Å². The van der Waals surface area contributed by atoms with Crippen LogP contribution in [-0.4, -0.2) is 51.9 Å². The van der Waals surface area contributed by atoms with Crippen LogP contribution in [0.25, 0.3) is 0 Å². The lowest BCUT2D eigenvalue weighted by Crippen LogP contribution is -2.57. The highest BCUT2D eigenvalue weighted by Gasteiger charge is 2.37. The summed E-state index contributed by atoms with van der Waals surface area (Å²) in [6.45, 7) is 7.24. The predicted molar refractivity (Wildman–Crippen MR) is 142 cm³/mol. The molecule has 0 fully saturated rings. The Balaban J connectivity index is 2.41. The molecule has 0 aliphatic rings. The molecule has 0 bridgehead atoms. The number of nitrogens with zero attached hydrogens (tertiary/aromatic N) is 1. The Morgan fingerprint density at radius 3 is 1.91 bits per heavy atom. The summed E-state index contributed by atoms with van der Waals surface area (Å²) in [7, 11) is 0. The minimum Gasteiger partial charge on any atom is -0.491 e. The van der Waals surface area contributed by atoms with Gasteiger partial charge in [0.2, 0.25) is 5.91 Å². The number of anilines is 1. The van der Waals surface area contributed by atoms with Crippen molar-refractivity contribution >= 4 is 17.7 Å². The second-order valence-electron chi connectivity index (χ2n) is 10.2.